The van der Waals surface area contributed by atoms with Crippen molar-refractivity contribution in [1.29, 1.82) is 0 Å². The molecule has 0 aliphatic carbocycles. The molecular formula is C50H45Cl3F6N8O9S5. The van der Waals surface area contributed by atoms with Gasteiger partial charge in [0.05, 0.1) is 62.2 Å². The second-order valence-electron chi connectivity index (χ2n) is 14.3. The first kappa shape index (κ1) is 69.0. The van der Waals surface area contributed by atoms with Crippen molar-refractivity contribution in [3.63, 3.8) is 0 Å². The number of ketones is 1. The Labute approximate surface area is 495 Å². The number of fused-ring (bicyclic) bond motifs is 1. The Bertz CT molecular complexity index is 3410. The lowest BCUT2D eigenvalue weighted by molar-refractivity contribution is -0.0517. The van der Waals surface area contributed by atoms with E-state index in [1.807, 2.05) is 6.26 Å². The van der Waals surface area contributed by atoms with Crippen LogP contribution < -0.4 is 14.2 Å². The Kier molecular flexibility index (Phi) is 28.7. The normalized spacial score (nSPS) is 10.9. The number of aliphatic hydroxyl groups is 1. The van der Waals surface area contributed by atoms with Gasteiger partial charge in [0, 0.05) is 22.9 Å². The van der Waals surface area contributed by atoms with Crippen LogP contribution in [0.25, 0.3) is 21.3 Å². The molecule has 0 aliphatic rings. The van der Waals surface area contributed by atoms with E-state index in [1.54, 1.807) is 49.2 Å². The molecule has 0 spiro atoms. The predicted molar refractivity (Wildman–Crippen MR) is 303 cm³/mol. The molecule has 0 radical (unpaired) electrons. The van der Waals surface area contributed by atoms with Crippen LogP contribution in [0.1, 0.15) is 68.4 Å². The summed E-state index contributed by atoms with van der Waals surface area (Å²) >= 11 is 23.7. The third-order valence-corrected chi connectivity index (χ3v) is 13.7. The summed E-state index contributed by atoms with van der Waals surface area (Å²) in [6.07, 6.45) is 11.3. The summed E-state index contributed by atoms with van der Waals surface area (Å²) in [7, 11) is 1.26. The Hall–Kier alpha value is -6.24. The van der Waals surface area contributed by atoms with Crippen molar-refractivity contribution in [2.45, 2.75) is 61.4 Å². The summed E-state index contributed by atoms with van der Waals surface area (Å²) in [5, 5.41) is 20.9. The first-order valence-electron chi connectivity index (χ1n) is 21.4. The largest absolute Gasteiger partial charge is 0.476 e. The topological polar surface area (TPSA) is 232 Å². The van der Waals surface area contributed by atoms with Crippen molar-refractivity contribution in [3.05, 3.63) is 146 Å². The molecule has 0 saturated carbocycles. The van der Waals surface area contributed by atoms with E-state index in [9.17, 15) is 45.8 Å². The van der Waals surface area contributed by atoms with E-state index in [0.717, 1.165) is 11.3 Å². The van der Waals surface area contributed by atoms with Crippen molar-refractivity contribution >= 4 is 121 Å². The number of benzene rings is 3. The van der Waals surface area contributed by atoms with Crippen LogP contribution in [-0.2, 0) is 4.74 Å². The molecule has 0 saturated heterocycles. The van der Waals surface area contributed by atoms with E-state index in [0.29, 0.717) is 42.0 Å². The fourth-order valence-corrected chi connectivity index (χ4v) is 9.19. The number of ether oxygens (including phenoxy) is 4. The number of thiophene rings is 1. The van der Waals surface area contributed by atoms with Gasteiger partial charge in [0.2, 0.25) is 5.78 Å². The van der Waals surface area contributed by atoms with Crippen LogP contribution >= 0.6 is 93.2 Å². The van der Waals surface area contributed by atoms with E-state index in [1.165, 1.54) is 121 Å². The fraction of sp³-hybridized carbons (Fsp3) is 0.220. The molecule has 0 aliphatic heterocycles. The van der Waals surface area contributed by atoms with Crippen molar-refractivity contribution in [3.8, 4) is 28.4 Å². The number of aromatic nitrogens is 8. The molecule has 0 amide bonds. The standard InChI is InChI=1S/C16H12F2N2O3S2.C13H11ClF2N2O2S.C13H9ClF2N2O2S.C6H5ClN2O2S.2CH4/c1-22-14(21)13-11(8-5-3-4-6-9(8)23-15(17)18)12-10(25-13)7-19-16(20-12)24-2;2*1-21-13-17-6-8(14)10(18-13)11(19)7-4-2-3-5-9(7)20-12(15)16;1-12-6-8-2-3(7)4(9-6)5(10)11;;/h3-7,15H,1-2H3;2-6,11-12,19H,1H3;2-6,12H,1H3;2H,1H3,(H,10,11);2*1H4. The van der Waals surface area contributed by atoms with Gasteiger partial charge < -0.3 is 29.2 Å². The van der Waals surface area contributed by atoms with E-state index < -0.39 is 43.7 Å². The smallest absolute Gasteiger partial charge is 0.387 e. The van der Waals surface area contributed by atoms with Crippen LogP contribution in [0.2, 0.25) is 15.1 Å². The molecule has 17 nitrogen and oxygen atoms in total. The van der Waals surface area contributed by atoms with Crippen LogP contribution in [0.15, 0.2) is 118 Å². The number of hydrogen-bond acceptors (Lipinski definition) is 21. The molecule has 0 bridgehead atoms. The van der Waals surface area contributed by atoms with Gasteiger partial charge in [0.15, 0.2) is 26.3 Å². The van der Waals surface area contributed by atoms with Crippen molar-refractivity contribution in [1.82, 2.24) is 39.9 Å². The second-order valence-corrected chi connectivity index (χ2v) is 19.6. The Morgan fingerprint density at radius 2 is 1.02 bits per heavy atom. The SMILES string of the molecule is C.C.COC(=O)c1sc2cnc(SC)nc2c1-c1ccccc1OC(F)F.CSc1ncc(Cl)c(C(=O)O)n1.CSc1ncc(Cl)c(C(=O)c2ccccc2OC(F)F)n1.CSc1ncc(Cl)c(C(O)c2ccccc2OC(F)F)n1. The van der Waals surface area contributed by atoms with Gasteiger partial charge in [-0.25, -0.2) is 49.5 Å². The number of thioether (sulfide) groups is 4. The van der Waals surface area contributed by atoms with Crippen LogP contribution in [-0.4, -0.2) is 120 Å². The van der Waals surface area contributed by atoms with Crippen LogP contribution in [0, 0.1) is 0 Å². The average molecular weight is 1280 g/mol. The number of halogens is 9. The molecule has 2 N–H and O–H groups in total. The quantitative estimate of drug-likeness (QED) is 0.0284. The van der Waals surface area contributed by atoms with E-state index in [4.69, 9.17) is 44.6 Å². The third kappa shape index (κ3) is 19.2. The lowest BCUT2D eigenvalue weighted by atomic mass is 10.0. The number of aliphatic hydroxyl groups excluding tert-OH is 1. The summed E-state index contributed by atoms with van der Waals surface area (Å²) < 4.78 is 93.9. The molecule has 81 heavy (non-hydrogen) atoms. The molecule has 5 heterocycles. The number of carbonyl (C=O) groups excluding carboxylic acids is 2. The van der Waals surface area contributed by atoms with Crippen molar-refractivity contribution in [2.75, 3.05) is 32.1 Å². The zero-order valence-corrected chi connectivity index (χ0v) is 47.2. The Morgan fingerprint density at radius 1 is 0.580 bits per heavy atom. The zero-order chi connectivity index (χ0) is 57.9. The maximum absolute atomic E-state index is 12.8. The number of hydrogen-bond donors (Lipinski definition) is 2. The zero-order valence-electron chi connectivity index (χ0n) is 40.8. The molecule has 1 unspecified atom stereocenters. The number of nitrogens with zero attached hydrogens (tertiary/aromatic N) is 8. The lowest BCUT2D eigenvalue weighted by Crippen LogP contribution is -2.11. The van der Waals surface area contributed by atoms with Crippen LogP contribution in [0.3, 0.4) is 0 Å². The fourth-order valence-electron chi connectivity index (χ4n) is 6.23. The first-order chi connectivity index (χ1) is 37.7. The number of esters is 1. The number of para-hydroxylation sites is 3. The van der Waals surface area contributed by atoms with Crippen molar-refractivity contribution < 1.29 is 69.9 Å². The molecule has 432 valence electrons. The van der Waals surface area contributed by atoms with E-state index in [2.05, 4.69) is 54.1 Å². The predicted octanol–water partition coefficient (Wildman–Crippen LogP) is 14.5. The number of carboxylic acids is 1. The van der Waals surface area contributed by atoms with Gasteiger partial charge in [-0.2, -0.15) is 26.3 Å². The lowest BCUT2D eigenvalue weighted by Gasteiger charge is -2.16. The summed E-state index contributed by atoms with van der Waals surface area (Å²) in [4.78, 5) is 67.6. The van der Waals surface area contributed by atoms with Gasteiger partial charge in [0.25, 0.3) is 0 Å². The van der Waals surface area contributed by atoms with Gasteiger partial charge in [0.1, 0.15) is 33.9 Å². The summed E-state index contributed by atoms with van der Waals surface area (Å²) in [6, 6.07) is 17.9. The molecule has 0 fully saturated rings. The number of methoxy groups -OCH3 is 1. The minimum Gasteiger partial charge on any atom is -0.476 e. The monoisotopic (exact) mass is 1280 g/mol. The summed E-state index contributed by atoms with van der Waals surface area (Å²) in [5.74, 6) is -2.70. The highest BCUT2D eigenvalue weighted by Gasteiger charge is 2.27. The third-order valence-electron chi connectivity index (χ3n) is 9.53. The number of carboxylic acid groups (broad SMARTS) is 1. The number of carbonyl (C=O) groups is 3. The highest BCUT2D eigenvalue weighted by molar-refractivity contribution is 7.99. The number of alkyl halides is 6. The summed E-state index contributed by atoms with van der Waals surface area (Å²) in [5.41, 5.74) is 1.30. The molecule has 1 atom stereocenters. The molecule has 8 rings (SSSR count). The second kappa shape index (κ2) is 33.6. The van der Waals surface area contributed by atoms with E-state index >= 15 is 0 Å². The van der Waals surface area contributed by atoms with Gasteiger partial charge in [-0.05, 0) is 49.3 Å². The highest BCUT2D eigenvalue weighted by Crippen LogP contribution is 2.43. The first-order valence-corrected chi connectivity index (χ1v) is 28.3. The molecule has 5 aromatic heterocycles. The minimum absolute atomic E-state index is 0. The Balaban J connectivity index is 0.000000288. The molecule has 8 aromatic rings. The number of aromatic carboxylic acids is 1. The van der Waals surface area contributed by atoms with Gasteiger partial charge >= 0.3 is 31.8 Å². The molecular weight excluding hydrogens is 1240 g/mol. The number of rotatable bonds is 17. The van der Waals surface area contributed by atoms with Gasteiger partial charge in [-0.3, -0.25) is 4.79 Å². The Morgan fingerprint density at radius 3 is 1.58 bits per heavy atom. The average Bonchev–Trinajstić information content (AvgIpc) is 3.86. The van der Waals surface area contributed by atoms with Crippen LogP contribution in [0.5, 0.6) is 17.2 Å². The molecule has 3 aromatic carbocycles. The van der Waals surface area contributed by atoms with Crippen LogP contribution in [0.4, 0.5) is 26.3 Å². The summed E-state index contributed by atoms with van der Waals surface area (Å²) in [6.45, 7) is -8.99. The maximum Gasteiger partial charge on any atom is 0.387 e. The maximum atomic E-state index is 12.8. The van der Waals surface area contributed by atoms with Gasteiger partial charge in [-0.15, -0.1) is 11.3 Å². The van der Waals surface area contributed by atoms with Crippen molar-refractivity contribution in [2.24, 2.45) is 0 Å². The minimum atomic E-state index is -3.03. The molecule has 31 heteroatoms. The highest BCUT2D eigenvalue weighted by atomic mass is 35.5. The van der Waals surface area contributed by atoms with Gasteiger partial charge in [-0.1, -0.05) is 145 Å². The van der Waals surface area contributed by atoms with E-state index in [-0.39, 0.29) is 80.3 Å².